The first-order valence-electron chi connectivity index (χ1n) is 5.87. The summed E-state index contributed by atoms with van der Waals surface area (Å²) in [5.74, 6) is -0.949. The summed E-state index contributed by atoms with van der Waals surface area (Å²) in [6.07, 6.45) is 2.47. The molecule has 1 unspecified atom stereocenters. The summed E-state index contributed by atoms with van der Waals surface area (Å²) in [4.78, 5) is 17.5. The lowest BCUT2D eigenvalue weighted by atomic mass is 9.96. The summed E-state index contributed by atoms with van der Waals surface area (Å²) < 4.78 is 0. The second kappa shape index (κ2) is 4.45. The fraction of sp³-hybridized carbons (Fsp3) is 0.538. The van der Waals surface area contributed by atoms with Gasteiger partial charge >= 0.3 is 5.97 Å². The molecule has 0 bridgehead atoms. The van der Waals surface area contributed by atoms with E-state index in [1.54, 1.807) is 6.20 Å². The highest BCUT2D eigenvalue weighted by Crippen LogP contribution is 2.33. The Morgan fingerprint density at radius 3 is 2.88 bits per heavy atom. The van der Waals surface area contributed by atoms with Crippen LogP contribution < -0.4 is 0 Å². The molecule has 0 aromatic carbocycles. The average Bonchev–Trinajstić information content (AvgIpc) is 2.56. The quantitative estimate of drug-likeness (QED) is 0.866. The number of hydrogen-bond donors (Lipinski definition) is 1. The highest BCUT2D eigenvalue weighted by molar-refractivity contribution is 5.70. The van der Waals surface area contributed by atoms with Crippen molar-refractivity contribution in [3.63, 3.8) is 0 Å². The maximum Gasteiger partial charge on any atom is 0.307 e. The molecular formula is C13H18N2O2. The third-order valence-corrected chi connectivity index (χ3v) is 3.47. The molecule has 1 aliphatic rings. The molecule has 2 heterocycles. The van der Waals surface area contributed by atoms with Gasteiger partial charge in [0, 0.05) is 24.8 Å². The minimum Gasteiger partial charge on any atom is -0.481 e. The number of nitrogens with zero attached hydrogens (tertiary/aromatic N) is 2. The van der Waals surface area contributed by atoms with Crippen LogP contribution >= 0.6 is 0 Å². The number of aromatic nitrogens is 1. The Bertz CT molecular complexity index is 403. The van der Waals surface area contributed by atoms with Crippen molar-refractivity contribution >= 4 is 5.97 Å². The van der Waals surface area contributed by atoms with Gasteiger partial charge in [-0.15, -0.1) is 0 Å². The van der Waals surface area contributed by atoms with Crippen molar-refractivity contribution in [2.75, 3.05) is 6.54 Å². The van der Waals surface area contributed by atoms with E-state index in [9.17, 15) is 4.79 Å². The smallest absolute Gasteiger partial charge is 0.307 e. The summed E-state index contributed by atoms with van der Waals surface area (Å²) in [6.45, 7) is 5.52. The zero-order chi connectivity index (χ0) is 12.5. The van der Waals surface area contributed by atoms with Gasteiger partial charge in [0.15, 0.2) is 0 Å². The zero-order valence-electron chi connectivity index (χ0n) is 10.3. The van der Waals surface area contributed by atoms with Gasteiger partial charge in [0.25, 0.3) is 0 Å². The van der Waals surface area contributed by atoms with Gasteiger partial charge in [-0.3, -0.25) is 14.7 Å². The van der Waals surface area contributed by atoms with Crippen molar-refractivity contribution in [3.05, 3.63) is 30.1 Å². The Kier molecular flexibility index (Phi) is 3.15. The number of aliphatic carboxylic acids is 1. The Morgan fingerprint density at radius 1 is 1.59 bits per heavy atom. The fourth-order valence-corrected chi connectivity index (χ4v) is 2.44. The van der Waals surface area contributed by atoms with Crippen molar-refractivity contribution in [2.45, 2.75) is 32.4 Å². The summed E-state index contributed by atoms with van der Waals surface area (Å²) in [7, 11) is 0. The van der Waals surface area contributed by atoms with Gasteiger partial charge in [-0.2, -0.15) is 0 Å². The monoisotopic (exact) mass is 234 g/mol. The standard InChI is InChI=1S/C13H18N2O2/c1-13(2)7-10(12(16)17)8-15(13)9-11-5-3-4-6-14-11/h3-6,10H,7-9H2,1-2H3,(H,16,17). The molecule has 0 radical (unpaired) electrons. The first kappa shape index (κ1) is 12.0. The van der Waals surface area contributed by atoms with Crippen LogP contribution in [-0.2, 0) is 11.3 Å². The molecule has 0 saturated carbocycles. The van der Waals surface area contributed by atoms with E-state index < -0.39 is 5.97 Å². The van der Waals surface area contributed by atoms with Crippen molar-refractivity contribution in [3.8, 4) is 0 Å². The van der Waals surface area contributed by atoms with Crippen LogP contribution in [0, 0.1) is 5.92 Å². The number of carboxylic acids is 1. The second-order valence-electron chi connectivity index (χ2n) is 5.25. The topological polar surface area (TPSA) is 53.4 Å². The molecule has 1 aliphatic heterocycles. The summed E-state index contributed by atoms with van der Waals surface area (Å²) in [6, 6.07) is 5.82. The molecule has 0 amide bonds. The molecule has 1 fully saturated rings. The van der Waals surface area contributed by atoms with Crippen molar-refractivity contribution < 1.29 is 9.90 Å². The molecule has 0 spiro atoms. The highest BCUT2D eigenvalue weighted by Gasteiger charge is 2.41. The minimum absolute atomic E-state index is 0.0689. The van der Waals surface area contributed by atoms with E-state index in [1.807, 2.05) is 18.2 Å². The Labute approximate surface area is 101 Å². The SMILES string of the molecule is CC1(C)CC(C(=O)O)CN1Cc1ccccn1. The molecule has 2 rings (SSSR count). The molecule has 92 valence electrons. The zero-order valence-corrected chi connectivity index (χ0v) is 10.3. The van der Waals surface area contributed by atoms with E-state index >= 15 is 0 Å². The molecule has 1 aromatic heterocycles. The Morgan fingerprint density at radius 2 is 2.35 bits per heavy atom. The summed E-state index contributed by atoms with van der Waals surface area (Å²) in [5.41, 5.74) is 0.923. The molecular weight excluding hydrogens is 216 g/mol. The lowest BCUT2D eigenvalue weighted by Gasteiger charge is -2.30. The third kappa shape index (κ3) is 2.64. The van der Waals surface area contributed by atoms with E-state index in [2.05, 4.69) is 23.7 Å². The maximum absolute atomic E-state index is 11.0. The van der Waals surface area contributed by atoms with Crippen molar-refractivity contribution in [1.82, 2.24) is 9.88 Å². The Hall–Kier alpha value is -1.42. The number of hydrogen-bond acceptors (Lipinski definition) is 3. The van der Waals surface area contributed by atoms with Crippen LogP contribution in [0.1, 0.15) is 26.0 Å². The van der Waals surface area contributed by atoms with Crippen LogP contribution in [-0.4, -0.2) is 33.0 Å². The third-order valence-electron chi connectivity index (χ3n) is 3.47. The van der Waals surface area contributed by atoms with Crippen LogP contribution in [0.25, 0.3) is 0 Å². The van der Waals surface area contributed by atoms with E-state index in [1.165, 1.54) is 0 Å². The number of likely N-dealkylation sites (tertiary alicyclic amines) is 1. The van der Waals surface area contributed by atoms with Crippen LogP contribution in [0.2, 0.25) is 0 Å². The van der Waals surface area contributed by atoms with Gasteiger partial charge in [-0.1, -0.05) is 6.07 Å². The predicted octanol–water partition coefficient (Wildman–Crippen LogP) is 1.77. The fourth-order valence-electron chi connectivity index (χ4n) is 2.44. The van der Waals surface area contributed by atoms with E-state index in [0.717, 1.165) is 12.2 Å². The Balaban J connectivity index is 2.09. The first-order valence-corrected chi connectivity index (χ1v) is 5.87. The molecule has 17 heavy (non-hydrogen) atoms. The van der Waals surface area contributed by atoms with Gasteiger partial charge in [0.1, 0.15) is 0 Å². The van der Waals surface area contributed by atoms with Gasteiger partial charge < -0.3 is 5.11 Å². The molecule has 4 heteroatoms. The first-order chi connectivity index (χ1) is 7.99. The number of carbonyl (C=O) groups is 1. The van der Waals surface area contributed by atoms with E-state index in [-0.39, 0.29) is 11.5 Å². The summed E-state index contributed by atoms with van der Waals surface area (Å²) in [5, 5.41) is 9.09. The van der Waals surface area contributed by atoms with Crippen LogP contribution in [0.5, 0.6) is 0 Å². The van der Waals surface area contributed by atoms with Gasteiger partial charge in [-0.25, -0.2) is 0 Å². The summed E-state index contributed by atoms with van der Waals surface area (Å²) >= 11 is 0. The molecule has 0 aliphatic carbocycles. The lowest BCUT2D eigenvalue weighted by Crippen LogP contribution is -2.37. The number of carboxylic acid groups (broad SMARTS) is 1. The number of pyridine rings is 1. The van der Waals surface area contributed by atoms with E-state index in [4.69, 9.17) is 5.11 Å². The maximum atomic E-state index is 11.0. The second-order valence-corrected chi connectivity index (χ2v) is 5.25. The minimum atomic E-state index is -0.693. The van der Waals surface area contributed by atoms with Crippen LogP contribution in [0.3, 0.4) is 0 Å². The van der Waals surface area contributed by atoms with Crippen LogP contribution in [0.15, 0.2) is 24.4 Å². The molecule has 1 aromatic rings. The molecule has 4 nitrogen and oxygen atoms in total. The van der Waals surface area contributed by atoms with Crippen molar-refractivity contribution in [1.29, 1.82) is 0 Å². The van der Waals surface area contributed by atoms with Gasteiger partial charge in [-0.05, 0) is 32.4 Å². The molecule has 1 atom stereocenters. The van der Waals surface area contributed by atoms with Gasteiger partial charge in [0.2, 0.25) is 0 Å². The number of rotatable bonds is 3. The van der Waals surface area contributed by atoms with Crippen molar-refractivity contribution in [2.24, 2.45) is 5.92 Å². The molecule has 1 saturated heterocycles. The van der Waals surface area contributed by atoms with Crippen LogP contribution in [0.4, 0.5) is 0 Å². The average molecular weight is 234 g/mol. The largest absolute Gasteiger partial charge is 0.481 e. The normalized spacial score (nSPS) is 23.8. The predicted molar refractivity (Wildman–Crippen MR) is 64.5 cm³/mol. The van der Waals surface area contributed by atoms with Gasteiger partial charge in [0.05, 0.1) is 11.6 Å². The molecule has 1 N–H and O–H groups in total. The highest BCUT2D eigenvalue weighted by atomic mass is 16.4. The lowest BCUT2D eigenvalue weighted by molar-refractivity contribution is -0.141. The van der Waals surface area contributed by atoms with E-state index in [0.29, 0.717) is 13.0 Å².